The summed E-state index contributed by atoms with van der Waals surface area (Å²) >= 11 is 0. The smallest absolute Gasteiger partial charge is 0.339 e. The number of benzene rings is 2. The second-order valence-electron chi connectivity index (χ2n) is 7.92. The van der Waals surface area contributed by atoms with Crippen molar-refractivity contribution in [2.45, 2.75) is 11.8 Å². The third kappa shape index (κ3) is 4.35. The van der Waals surface area contributed by atoms with Crippen LogP contribution in [-0.2, 0) is 10.1 Å². The molecule has 170 valence electrons. The fourth-order valence-corrected chi connectivity index (χ4v) is 4.44. The van der Waals surface area contributed by atoms with Crippen molar-refractivity contribution in [1.82, 2.24) is 15.1 Å². The minimum atomic E-state index is -4.24. The largest absolute Gasteiger partial charge is 0.383 e. The van der Waals surface area contributed by atoms with Crippen molar-refractivity contribution in [3.05, 3.63) is 76.6 Å². The van der Waals surface area contributed by atoms with Gasteiger partial charge in [-0.05, 0) is 45.3 Å². The average Bonchev–Trinajstić information content (AvgIpc) is 2.78. The van der Waals surface area contributed by atoms with Crippen LogP contribution in [0, 0.1) is 6.92 Å². The van der Waals surface area contributed by atoms with Crippen LogP contribution >= 0.6 is 0 Å². The van der Waals surface area contributed by atoms with E-state index in [1.165, 1.54) is 30.6 Å². The number of carbonyl (C=O) groups excluding carboxylic acids is 2. The Bertz CT molecular complexity index is 1350. The van der Waals surface area contributed by atoms with Crippen LogP contribution in [0.5, 0.6) is 5.75 Å². The molecule has 0 radical (unpaired) electrons. The van der Waals surface area contributed by atoms with Gasteiger partial charge in [0.25, 0.3) is 0 Å². The average molecular weight is 467 g/mol. The summed E-state index contributed by atoms with van der Waals surface area (Å²) < 4.78 is 31.2. The lowest BCUT2D eigenvalue weighted by Gasteiger charge is -2.23. The molecule has 0 saturated carbocycles. The van der Waals surface area contributed by atoms with Gasteiger partial charge < -0.3 is 14.4 Å². The Balaban J connectivity index is 1.82. The van der Waals surface area contributed by atoms with E-state index in [0.29, 0.717) is 18.8 Å². The van der Waals surface area contributed by atoms with E-state index in [0.717, 1.165) is 5.56 Å². The summed E-state index contributed by atoms with van der Waals surface area (Å²) in [4.78, 5) is 28.6. The molecule has 0 spiro atoms. The monoisotopic (exact) mass is 466 g/mol. The third-order valence-electron chi connectivity index (χ3n) is 5.22. The quantitative estimate of drug-likeness (QED) is 0.409. The molecule has 1 aliphatic rings. The topological polar surface area (TPSA) is 119 Å². The van der Waals surface area contributed by atoms with Gasteiger partial charge in [0.1, 0.15) is 4.90 Å². The number of ketones is 2. The van der Waals surface area contributed by atoms with Gasteiger partial charge in [-0.25, -0.2) is 0 Å². The van der Waals surface area contributed by atoms with E-state index >= 15 is 0 Å². The molecule has 0 unspecified atom stereocenters. The molecule has 1 N–H and O–H groups in total. The van der Waals surface area contributed by atoms with Gasteiger partial charge >= 0.3 is 10.1 Å². The maximum Gasteiger partial charge on any atom is 0.339 e. The lowest BCUT2D eigenvalue weighted by Crippen LogP contribution is -2.26. The predicted octanol–water partition coefficient (Wildman–Crippen LogP) is 2.30. The second kappa shape index (κ2) is 8.72. The Morgan fingerprint density at radius 3 is 2.12 bits per heavy atom. The number of carbonyl (C=O) groups is 2. The molecule has 1 aromatic heterocycles. The first-order valence-electron chi connectivity index (χ1n) is 10.2. The molecule has 0 aliphatic heterocycles. The van der Waals surface area contributed by atoms with Gasteiger partial charge in [-0.3, -0.25) is 9.59 Å². The molecule has 0 amide bonds. The van der Waals surface area contributed by atoms with Crippen LogP contribution in [0.25, 0.3) is 0 Å². The van der Waals surface area contributed by atoms with Gasteiger partial charge in [-0.15, -0.1) is 0 Å². The highest BCUT2D eigenvalue weighted by molar-refractivity contribution is 7.87. The zero-order valence-electron chi connectivity index (χ0n) is 18.3. The van der Waals surface area contributed by atoms with Crippen LogP contribution in [0.2, 0.25) is 0 Å². The normalized spacial score (nSPS) is 13.0. The summed E-state index contributed by atoms with van der Waals surface area (Å²) in [5, 5.41) is 10.6. The Labute approximate surface area is 191 Å². The van der Waals surface area contributed by atoms with Crippen molar-refractivity contribution in [2.75, 3.05) is 32.5 Å². The fraction of sp³-hybridized carbons (Fsp3) is 0.217. The zero-order chi connectivity index (χ0) is 23.8. The number of aromatic nitrogens is 2. The molecule has 33 heavy (non-hydrogen) atoms. The van der Waals surface area contributed by atoms with Crippen molar-refractivity contribution in [2.24, 2.45) is 0 Å². The Hall–Kier alpha value is -3.63. The zero-order valence-corrected chi connectivity index (χ0v) is 19.1. The van der Waals surface area contributed by atoms with Crippen molar-refractivity contribution in [3.63, 3.8) is 0 Å². The van der Waals surface area contributed by atoms with E-state index in [1.807, 2.05) is 25.9 Å². The van der Waals surface area contributed by atoms with E-state index in [2.05, 4.69) is 15.5 Å². The van der Waals surface area contributed by atoms with Gasteiger partial charge in [-0.2, -0.15) is 18.6 Å². The number of nitrogens with one attached hydrogen (secondary N) is 1. The SMILES string of the molecule is Cc1ccc(S(=O)(=O)Oc2ccc(NCCN(C)C)c3c2C(=O)c2cnncc2C3=O)cc1. The number of fused-ring (bicyclic) bond motifs is 2. The molecular weight excluding hydrogens is 444 g/mol. The van der Waals surface area contributed by atoms with E-state index in [-0.39, 0.29) is 32.9 Å². The molecule has 2 aromatic carbocycles. The van der Waals surface area contributed by atoms with Crippen molar-refractivity contribution < 1.29 is 22.2 Å². The second-order valence-corrected chi connectivity index (χ2v) is 9.46. The summed E-state index contributed by atoms with van der Waals surface area (Å²) in [7, 11) is -0.421. The van der Waals surface area contributed by atoms with Gasteiger partial charge in [0.15, 0.2) is 17.3 Å². The van der Waals surface area contributed by atoms with Crippen LogP contribution in [0.4, 0.5) is 5.69 Å². The van der Waals surface area contributed by atoms with Gasteiger partial charge in [0.2, 0.25) is 0 Å². The maximum atomic E-state index is 13.3. The molecule has 0 bridgehead atoms. The Morgan fingerprint density at radius 1 is 0.909 bits per heavy atom. The highest BCUT2D eigenvalue weighted by Crippen LogP contribution is 2.38. The van der Waals surface area contributed by atoms with E-state index in [1.54, 1.807) is 18.2 Å². The summed E-state index contributed by atoms with van der Waals surface area (Å²) in [6.45, 7) is 3.02. The maximum absolute atomic E-state index is 13.3. The van der Waals surface area contributed by atoms with Gasteiger partial charge in [-0.1, -0.05) is 17.7 Å². The number of nitrogens with zero attached hydrogens (tertiary/aromatic N) is 3. The Kier molecular flexibility index (Phi) is 5.96. The van der Waals surface area contributed by atoms with Crippen LogP contribution in [0.1, 0.15) is 37.4 Å². The van der Waals surface area contributed by atoms with Gasteiger partial charge in [0, 0.05) is 18.8 Å². The molecule has 0 atom stereocenters. The van der Waals surface area contributed by atoms with Crippen LogP contribution < -0.4 is 9.50 Å². The molecule has 0 fully saturated rings. The minimum Gasteiger partial charge on any atom is -0.383 e. The van der Waals surface area contributed by atoms with E-state index in [9.17, 15) is 18.0 Å². The molecule has 1 heterocycles. The minimum absolute atomic E-state index is 0.0468. The summed E-state index contributed by atoms with van der Waals surface area (Å²) in [6, 6.07) is 9.06. The highest BCUT2D eigenvalue weighted by atomic mass is 32.2. The lowest BCUT2D eigenvalue weighted by atomic mass is 9.84. The number of likely N-dealkylation sites (N-methyl/N-ethyl adjacent to an activating group) is 1. The molecule has 10 heteroatoms. The van der Waals surface area contributed by atoms with Crippen LogP contribution in [0.3, 0.4) is 0 Å². The Morgan fingerprint density at radius 2 is 1.52 bits per heavy atom. The number of hydrogen-bond acceptors (Lipinski definition) is 9. The fourth-order valence-electron chi connectivity index (χ4n) is 3.50. The standard InChI is InChI=1S/C23H22N4O5S/c1-14-4-6-15(7-5-14)33(30,31)32-19-9-8-18(24-10-11-27(2)3)20-21(19)23(29)17-13-26-25-12-16(17)22(20)28/h4-9,12-13,24H,10-11H2,1-3H3. The molecule has 3 aromatic rings. The first-order chi connectivity index (χ1) is 15.7. The number of hydrogen-bond donors (Lipinski definition) is 1. The lowest BCUT2D eigenvalue weighted by molar-refractivity contribution is 0.0977. The van der Waals surface area contributed by atoms with Crippen molar-refractivity contribution in [3.8, 4) is 5.75 Å². The molecule has 1 aliphatic carbocycles. The predicted molar refractivity (Wildman–Crippen MR) is 121 cm³/mol. The number of anilines is 1. The molecule has 4 rings (SSSR count). The van der Waals surface area contributed by atoms with Gasteiger partial charge in [0.05, 0.1) is 34.6 Å². The summed E-state index contributed by atoms with van der Waals surface area (Å²) in [6.07, 6.45) is 2.43. The molecule has 9 nitrogen and oxygen atoms in total. The first-order valence-corrected chi connectivity index (χ1v) is 11.6. The van der Waals surface area contributed by atoms with E-state index < -0.39 is 21.7 Å². The highest BCUT2D eigenvalue weighted by Gasteiger charge is 2.36. The summed E-state index contributed by atoms with van der Waals surface area (Å²) in [5.74, 6) is -1.23. The van der Waals surface area contributed by atoms with Crippen molar-refractivity contribution in [1.29, 1.82) is 0 Å². The first kappa shape index (κ1) is 22.6. The van der Waals surface area contributed by atoms with Crippen molar-refractivity contribution >= 4 is 27.4 Å². The van der Waals surface area contributed by atoms with E-state index in [4.69, 9.17) is 4.18 Å². The number of aryl methyl sites for hydroxylation is 1. The molecular formula is C23H22N4O5S. The van der Waals surface area contributed by atoms with Crippen LogP contribution in [-0.4, -0.2) is 62.3 Å². The summed E-state index contributed by atoms with van der Waals surface area (Å²) in [5.41, 5.74) is 1.38. The number of rotatable bonds is 7. The van der Waals surface area contributed by atoms with Crippen LogP contribution in [0.15, 0.2) is 53.7 Å². The third-order valence-corrected chi connectivity index (χ3v) is 6.47. The molecule has 0 saturated heterocycles.